The molecule has 9 nitrogen and oxygen atoms in total. The molecule has 0 bridgehead atoms. The van der Waals surface area contributed by atoms with Crippen LogP contribution in [0.4, 0.5) is 17.8 Å². The summed E-state index contributed by atoms with van der Waals surface area (Å²) in [5.74, 6) is 1.82. The zero-order valence-electron chi connectivity index (χ0n) is 14.6. The summed E-state index contributed by atoms with van der Waals surface area (Å²) in [6, 6.07) is 3.80. The van der Waals surface area contributed by atoms with Crippen molar-refractivity contribution >= 4 is 24.1 Å². The first-order valence-electron chi connectivity index (χ1n) is 8.91. The summed E-state index contributed by atoms with van der Waals surface area (Å²) in [4.78, 5) is 22.2. The molecule has 0 radical (unpaired) electrons. The number of pyridine rings is 1. The van der Waals surface area contributed by atoms with E-state index in [4.69, 9.17) is 4.74 Å². The average molecular weight is 354 g/mol. The van der Waals surface area contributed by atoms with Gasteiger partial charge in [0, 0.05) is 44.1 Å². The van der Waals surface area contributed by atoms with Crippen molar-refractivity contribution in [1.82, 2.24) is 19.9 Å². The summed E-state index contributed by atoms with van der Waals surface area (Å²) in [7, 11) is 0. The standard InChI is InChI=1S/C17H22N8O/c1-2-7-24(6-1)16-20-15(23-19-13-14-4-3-5-18-12-14)21-17(22-16)25-8-10-26-11-9-25/h3-5,12-13H,1-2,6-11H2,(H,20,21,22,23)/b19-13-. The molecular weight excluding hydrogens is 332 g/mol. The van der Waals surface area contributed by atoms with Gasteiger partial charge in [0.05, 0.1) is 19.4 Å². The molecule has 0 amide bonds. The van der Waals surface area contributed by atoms with Crippen molar-refractivity contribution in [3.05, 3.63) is 30.1 Å². The molecule has 0 spiro atoms. The summed E-state index contributed by atoms with van der Waals surface area (Å²) in [6.45, 7) is 4.89. The van der Waals surface area contributed by atoms with E-state index in [1.54, 1.807) is 18.6 Å². The quantitative estimate of drug-likeness (QED) is 0.631. The van der Waals surface area contributed by atoms with Crippen molar-refractivity contribution in [3.8, 4) is 0 Å². The Morgan fingerprint density at radius 3 is 2.42 bits per heavy atom. The molecule has 9 heteroatoms. The molecule has 2 saturated heterocycles. The van der Waals surface area contributed by atoms with Crippen LogP contribution in [-0.4, -0.2) is 65.5 Å². The van der Waals surface area contributed by atoms with Gasteiger partial charge < -0.3 is 14.5 Å². The van der Waals surface area contributed by atoms with Crippen LogP contribution in [0.25, 0.3) is 0 Å². The zero-order chi connectivity index (χ0) is 17.6. The summed E-state index contributed by atoms with van der Waals surface area (Å²) in [5, 5.41) is 4.24. The van der Waals surface area contributed by atoms with E-state index in [-0.39, 0.29) is 0 Å². The fourth-order valence-corrected chi connectivity index (χ4v) is 2.98. The lowest BCUT2D eigenvalue weighted by Crippen LogP contribution is -2.38. The van der Waals surface area contributed by atoms with Gasteiger partial charge in [-0.3, -0.25) is 4.98 Å². The maximum Gasteiger partial charge on any atom is 0.250 e. The van der Waals surface area contributed by atoms with E-state index in [9.17, 15) is 0 Å². The molecular formula is C17H22N8O. The Balaban J connectivity index is 1.55. The number of morpholine rings is 1. The van der Waals surface area contributed by atoms with Crippen LogP contribution in [0.5, 0.6) is 0 Å². The van der Waals surface area contributed by atoms with Gasteiger partial charge in [-0.15, -0.1) is 0 Å². The predicted octanol–water partition coefficient (Wildman–Crippen LogP) is 1.15. The molecule has 2 fully saturated rings. The van der Waals surface area contributed by atoms with Gasteiger partial charge in [0.2, 0.25) is 17.8 Å². The Kier molecular flexibility index (Phi) is 5.15. The maximum absolute atomic E-state index is 5.43. The molecule has 2 aromatic heterocycles. The van der Waals surface area contributed by atoms with Gasteiger partial charge in [0.15, 0.2) is 0 Å². The smallest absolute Gasteiger partial charge is 0.250 e. The lowest BCUT2D eigenvalue weighted by Gasteiger charge is -2.27. The molecule has 1 N–H and O–H groups in total. The predicted molar refractivity (Wildman–Crippen MR) is 99.8 cm³/mol. The molecule has 0 saturated carbocycles. The Labute approximate surface area is 152 Å². The highest BCUT2D eigenvalue weighted by atomic mass is 16.5. The van der Waals surface area contributed by atoms with Crippen molar-refractivity contribution < 1.29 is 4.74 Å². The summed E-state index contributed by atoms with van der Waals surface area (Å²) >= 11 is 0. The second-order valence-electron chi connectivity index (χ2n) is 6.21. The number of hydrazone groups is 1. The number of nitrogens with one attached hydrogen (secondary N) is 1. The van der Waals surface area contributed by atoms with Gasteiger partial charge in [-0.1, -0.05) is 6.07 Å². The first kappa shape index (κ1) is 16.6. The van der Waals surface area contributed by atoms with E-state index in [1.807, 2.05) is 12.1 Å². The molecule has 2 aliphatic heterocycles. The normalized spacial score (nSPS) is 17.8. The summed E-state index contributed by atoms with van der Waals surface area (Å²) < 4.78 is 5.43. The van der Waals surface area contributed by atoms with E-state index in [1.165, 1.54) is 12.8 Å². The third-order valence-corrected chi connectivity index (χ3v) is 4.36. The Morgan fingerprint density at radius 2 is 1.73 bits per heavy atom. The summed E-state index contributed by atoms with van der Waals surface area (Å²) in [5.41, 5.74) is 3.84. The van der Waals surface area contributed by atoms with Gasteiger partial charge in [0.1, 0.15) is 0 Å². The molecule has 0 aromatic carbocycles. The third kappa shape index (κ3) is 4.05. The van der Waals surface area contributed by atoms with Crippen LogP contribution in [0.3, 0.4) is 0 Å². The Hall–Kier alpha value is -2.81. The van der Waals surface area contributed by atoms with Crippen molar-refractivity contribution in [3.63, 3.8) is 0 Å². The van der Waals surface area contributed by atoms with Gasteiger partial charge in [-0.05, 0) is 18.9 Å². The minimum atomic E-state index is 0.448. The highest BCUT2D eigenvalue weighted by molar-refractivity contribution is 5.79. The van der Waals surface area contributed by atoms with E-state index in [0.717, 1.165) is 31.7 Å². The van der Waals surface area contributed by atoms with Gasteiger partial charge in [-0.2, -0.15) is 20.1 Å². The lowest BCUT2D eigenvalue weighted by atomic mass is 10.3. The third-order valence-electron chi connectivity index (χ3n) is 4.36. The maximum atomic E-state index is 5.43. The summed E-state index contributed by atoms with van der Waals surface area (Å²) in [6.07, 6.45) is 7.50. The van der Waals surface area contributed by atoms with E-state index in [0.29, 0.717) is 31.1 Å². The highest BCUT2D eigenvalue weighted by Crippen LogP contribution is 2.21. The van der Waals surface area contributed by atoms with Crippen molar-refractivity contribution in [1.29, 1.82) is 0 Å². The number of rotatable bonds is 5. The molecule has 0 unspecified atom stereocenters. The van der Waals surface area contributed by atoms with Crippen LogP contribution in [0.1, 0.15) is 18.4 Å². The lowest BCUT2D eigenvalue weighted by molar-refractivity contribution is 0.122. The van der Waals surface area contributed by atoms with Gasteiger partial charge in [0.25, 0.3) is 0 Å². The number of nitrogens with zero attached hydrogens (tertiary/aromatic N) is 7. The molecule has 0 atom stereocenters. The van der Waals surface area contributed by atoms with Crippen LogP contribution in [0, 0.1) is 0 Å². The molecule has 2 aromatic rings. The second kappa shape index (κ2) is 8.05. The molecule has 2 aliphatic rings. The van der Waals surface area contributed by atoms with E-state index >= 15 is 0 Å². The topological polar surface area (TPSA) is 91.7 Å². The molecule has 0 aliphatic carbocycles. The largest absolute Gasteiger partial charge is 0.378 e. The average Bonchev–Trinajstić information content (AvgIpc) is 3.24. The molecule has 4 rings (SSSR count). The number of aromatic nitrogens is 4. The van der Waals surface area contributed by atoms with Crippen LogP contribution < -0.4 is 15.2 Å². The van der Waals surface area contributed by atoms with E-state index < -0.39 is 0 Å². The van der Waals surface area contributed by atoms with Gasteiger partial charge >= 0.3 is 0 Å². The zero-order valence-corrected chi connectivity index (χ0v) is 14.6. The molecule has 136 valence electrons. The second-order valence-corrected chi connectivity index (χ2v) is 6.21. The van der Waals surface area contributed by atoms with Crippen molar-refractivity contribution in [2.24, 2.45) is 5.10 Å². The van der Waals surface area contributed by atoms with Crippen LogP contribution in [-0.2, 0) is 4.74 Å². The Bertz CT molecular complexity index is 742. The molecule has 4 heterocycles. The number of ether oxygens (including phenoxy) is 1. The fraction of sp³-hybridized carbons (Fsp3) is 0.471. The van der Waals surface area contributed by atoms with Crippen LogP contribution in [0.2, 0.25) is 0 Å². The first-order valence-corrected chi connectivity index (χ1v) is 8.91. The first-order chi connectivity index (χ1) is 12.9. The number of hydrogen-bond donors (Lipinski definition) is 1. The number of hydrogen-bond acceptors (Lipinski definition) is 9. The van der Waals surface area contributed by atoms with Crippen molar-refractivity contribution in [2.75, 3.05) is 54.6 Å². The molecule has 26 heavy (non-hydrogen) atoms. The minimum Gasteiger partial charge on any atom is -0.378 e. The fourth-order valence-electron chi connectivity index (χ4n) is 2.98. The monoisotopic (exact) mass is 354 g/mol. The number of anilines is 3. The van der Waals surface area contributed by atoms with E-state index in [2.05, 4.69) is 40.3 Å². The van der Waals surface area contributed by atoms with Crippen molar-refractivity contribution in [2.45, 2.75) is 12.8 Å². The minimum absolute atomic E-state index is 0.448. The van der Waals surface area contributed by atoms with Gasteiger partial charge in [-0.25, -0.2) is 5.43 Å². The SMILES string of the molecule is C(=N/Nc1nc(N2CCCC2)nc(N2CCOCC2)n1)/c1cccnc1. The van der Waals surface area contributed by atoms with Crippen LogP contribution in [0.15, 0.2) is 29.6 Å². The Morgan fingerprint density at radius 1 is 1.00 bits per heavy atom. The van der Waals surface area contributed by atoms with Crippen LogP contribution >= 0.6 is 0 Å². The highest BCUT2D eigenvalue weighted by Gasteiger charge is 2.20.